The van der Waals surface area contributed by atoms with E-state index >= 15 is 0 Å². The molecule has 0 atom stereocenters. The lowest BCUT2D eigenvalue weighted by Crippen LogP contribution is -2.07. The van der Waals surface area contributed by atoms with Crippen LogP contribution in [0.2, 0.25) is 0 Å². The van der Waals surface area contributed by atoms with E-state index in [1.807, 2.05) is 6.92 Å². The highest BCUT2D eigenvalue weighted by Gasteiger charge is 2.26. The van der Waals surface area contributed by atoms with Gasteiger partial charge in [-0.15, -0.1) is 0 Å². The molecule has 0 aliphatic carbocycles. The van der Waals surface area contributed by atoms with Gasteiger partial charge >= 0.3 is 0 Å². The van der Waals surface area contributed by atoms with Crippen molar-refractivity contribution < 1.29 is 22.3 Å². The van der Waals surface area contributed by atoms with E-state index in [9.17, 15) is 17.6 Å². The molecule has 1 rings (SSSR count). The van der Waals surface area contributed by atoms with Crippen LogP contribution < -0.4 is 4.74 Å². The first-order chi connectivity index (χ1) is 13.2. The Bertz CT molecular complexity index is 799. The van der Waals surface area contributed by atoms with Gasteiger partial charge in [0.2, 0.25) is 11.6 Å². The number of benzene rings is 1. The fourth-order valence-corrected chi connectivity index (χ4v) is 2.44. The maximum atomic E-state index is 13.8. The average molecular weight is 395 g/mol. The third-order valence-electron chi connectivity index (χ3n) is 4.12. The molecule has 0 saturated heterocycles. The molecule has 1 aromatic rings. The predicted molar refractivity (Wildman–Crippen MR) is 102 cm³/mol. The molecule has 0 unspecified atom stereocenters. The Labute approximate surface area is 163 Å². The molecular formula is C22H25F4NO. The topological polar surface area (TPSA) is 33.0 Å². The molecule has 0 amide bonds. The average Bonchev–Trinajstić information content (AvgIpc) is 2.63. The molecule has 0 aliphatic rings. The summed E-state index contributed by atoms with van der Waals surface area (Å²) in [7, 11) is 0. The maximum absolute atomic E-state index is 13.8. The Morgan fingerprint density at radius 3 is 1.82 bits per heavy atom. The number of hydrogen-bond acceptors (Lipinski definition) is 2. The Morgan fingerprint density at radius 2 is 1.32 bits per heavy atom. The fourth-order valence-electron chi connectivity index (χ4n) is 2.44. The molecule has 6 heteroatoms. The fraction of sp³-hybridized carbons (Fsp3) is 0.409. The van der Waals surface area contributed by atoms with Gasteiger partial charge < -0.3 is 4.74 Å². The molecule has 28 heavy (non-hydrogen) atoms. The van der Waals surface area contributed by atoms with Gasteiger partial charge in [0.1, 0.15) is 18.2 Å². The minimum absolute atomic E-state index is 0.242. The number of nitriles is 1. The third kappa shape index (κ3) is 6.88. The first-order valence-electron chi connectivity index (χ1n) is 9.02. The summed E-state index contributed by atoms with van der Waals surface area (Å²) in [4.78, 5) is 0. The molecular weight excluding hydrogens is 370 g/mol. The summed E-state index contributed by atoms with van der Waals surface area (Å²) < 4.78 is 59.5. The zero-order valence-corrected chi connectivity index (χ0v) is 16.6. The largest absolute Gasteiger partial charge is 0.483 e. The molecule has 0 aliphatic heterocycles. The number of rotatable bonds is 9. The van der Waals surface area contributed by atoms with E-state index in [1.54, 1.807) is 6.08 Å². The Kier molecular flexibility index (Phi) is 9.50. The lowest BCUT2D eigenvalue weighted by atomic mass is 10.1. The van der Waals surface area contributed by atoms with E-state index in [0.717, 1.165) is 37.3 Å². The van der Waals surface area contributed by atoms with Gasteiger partial charge in [-0.3, -0.25) is 0 Å². The summed E-state index contributed by atoms with van der Waals surface area (Å²) in [5.74, 6) is -8.10. The van der Waals surface area contributed by atoms with Gasteiger partial charge in [-0.05, 0) is 59.5 Å². The minimum atomic E-state index is -1.76. The van der Waals surface area contributed by atoms with Crippen molar-refractivity contribution in [3.63, 3.8) is 0 Å². The Hall–Kier alpha value is -2.55. The standard InChI is InChI=1S/C22H25F4NO/c1-14(2)7-5-8-15(3)9-6-10-16(4)11-12-28-22-20(25)18(23)17(13-27)19(24)21(22)26/h7,9,11H,5-6,8,10,12H2,1-4H3. The first kappa shape index (κ1) is 23.5. The van der Waals surface area contributed by atoms with Crippen molar-refractivity contribution in [3.8, 4) is 11.8 Å². The van der Waals surface area contributed by atoms with Gasteiger partial charge in [0, 0.05) is 0 Å². The molecule has 0 aromatic heterocycles. The number of nitrogens with zero attached hydrogens (tertiary/aromatic N) is 1. The second kappa shape index (κ2) is 11.3. The third-order valence-corrected chi connectivity index (χ3v) is 4.12. The zero-order chi connectivity index (χ0) is 21.3. The summed E-state index contributed by atoms with van der Waals surface area (Å²) in [5.41, 5.74) is 2.19. The van der Waals surface area contributed by atoms with E-state index < -0.39 is 34.6 Å². The lowest BCUT2D eigenvalue weighted by Gasteiger charge is -2.09. The summed E-state index contributed by atoms with van der Waals surface area (Å²) in [6.07, 6.45) is 9.46. The SMILES string of the molecule is CC(C)=CCCC(C)=CCCC(C)=CCOc1c(F)c(F)c(C#N)c(F)c1F. The molecule has 0 heterocycles. The van der Waals surface area contributed by atoms with E-state index in [0.29, 0.717) is 0 Å². The first-order valence-corrected chi connectivity index (χ1v) is 9.02. The van der Waals surface area contributed by atoms with Crippen molar-refractivity contribution in [3.05, 3.63) is 63.8 Å². The van der Waals surface area contributed by atoms with E-state index in [2.05, 4.69) is 32.9 Å². The lowest BCUT2D eigenvalue weighted by molar-refractivity contribution is 0.300. The molecule has 0 spiro atoms. The molecule has 0 saturated carbocycles. The molecule has 152 valence electrons. The monoisotopic (exact) mass is 395 g/mol. The van der Waals surface area contributed by atoms with Crippen LogP contribution in [0, 0.1) is 34.6 Å². The second-order valence-electron chi connectivity index (χ2n) is 6.84. The van der Waals surface area contributed by atoms with Crippen molar-refractivity contribution in [1.29, 1.82) is 5.26 Å². The number of hydrogen-bond donors (Lipinski definition) is 0. The van der Waals surface area contributed by atoms with Gasteiger partial charge in [0.15, 0.2) is 17.4 Å². The normalized spacial score (nSPS) is 12.0. The van der Waals surface area contributed by atoms with Gasteiger partial charge in [-0.2, -0.15) is 14.0 Å². The smallest absolute Gasteiger partial charge is 0.205 e. The quantitative estimate of drug-likeness (QED) is 0.258. The van der Waals surface area contributed by atoms with Crippen LogP contribution in [0.4, 0.5) is 17.6 Å². The summed E-state index contributed by atoms with van der Waals surface area (Å²) in [5, 5.41) is 8.56. The zero-order valence-electron chi connectivity index (χ0n) is 16.6. The Balaban J connectivity index is 2.62. The molecule has 0 bridgehead atoms. The molecule has 0 radical (unpaired) electrons. The van der Waals surface area contributed by atoms with E-state index in [4.69, 9.17) is 10.00 Å². The number of ether oxygens (including phenoxy) is 1. The van der Waals surface area contributed by atoms with Gasteiger partial charge in [0.25, 0.3) is 0 Å². The van der Waals surface area contributed by atoms with Crippen LogP contribution in [-0.4, -0.2) is 6.61 Å². The predicted octanol–water partition coefficient (Wildman–Crippen LogP) is 6.91. The summed E-state index contributed by atoms with van der Waals surface area (Å²) in [6.45, 7) is 7.79. The van der Waals surface area contributed by atoms with Crippen molar-refractivity contribution in [2.24, 2.45) is 0 Å². The van der Waals surface area contributed by atoms with Gasteiger partial charge in [0.05, 0.1) is 0 Å². The summed E-state index contributed by atoms with van der Waals surface area (Å²) >= 11 is 0. The molecule has 2 nitrogen and oxygen atoms in total. The van der Waals surface area contributed by atoms with Gasteiger partial charge in [-0.25, -0.2) is 8.78 Å². The van der Waals surface area contributed by atoms with E-state index in [1.165, 1.54) is 11.1 Å². The Morgan fingerprint density at radius 1 is 0.821 bits per heavy atom. The van der Waals surface area contributed by atoms with Crippen LogP contribution in [0.1, 0.15) is 58.9 Å². The van der Waals surface area contributed by atoms with Crippen LogP contribution in [-0.2, 0) is 0 Å². The van der Waals surface area contributed by atoms with E-state index in [-0.39, 0.29) is 6.61 Å². The van der Waals surface area contributed by atoms with Crippen molar-refractivity contribution >= 4 is 0 Å². The highest BCUT2D eigenvalue weighted by Crippen LogP contribution is 2.29. The number of allylic oxidation sites excluding steroid dienone is 5. The second-order valence-corrected chi connectivity index (χ2v) is 6.84. The maximum Gasteiger partial charge on any atom is 0.205 e. The van der Waals surface area contributed by atoms with Crippen LogP contribution in [0.15, 0.2) is 34.9 Å². The van der Waals surface area contributed by atoms with Crippen LogP contribution >= 0.6 is 0 Å². The van der Waals surface area contributed by atoms with Crippen LogP contribution in [0.3, 0.4) is 0 Å². The highest BCUT2D eigenvalue weighted by molar-refractivity contribution is 5.40. The minimum Gasteiger partial charge on any atom is -0.483 e. The number of halogens is 4. The van der Waals surface area contributed by atoms with Gasteiger partial charge in [-0.1, -0.05) is 28.9 Å². The highest BCUT2D eigenvalue weighted by atomic mass is 19.2. The van der Waals surface area contributed by atoms with Crippen molar-refractivity contribution in [1.82, 2.24) is 0 Å². The molecule has 0 N–H and O–H groups in total. The molecule has 1 aromatic carbocycles. The van der Waals surface area contributed by atoms with Crippen LogP contribution in [0.25, 0.3) is 0 Å². The van der Waals surface area contributed by atoms with Crippen molar-refractivity contribution in [2.45, 2.75) is 53.4 Å². The van der Waals surface area contributed by atoms with Crippen molar-refractivity contribution in [2.75, 3.05) is 6.61 Å². The van der Waals surface area contributed by atoms with Crippen LogP contribution in [0.5, 0.6) is 5.75 Å². The molecule has 0 fully saturated rings. The summed E-state index contributed by atoms with van der Waals surface area (Å²) in [6, 6.07) is 1.09.